The number of aromatic nitrogens is 3. The van der Waals surface area contributed by atoms with E-state index in [0.717, 1.165) is 59.4 Å². The molecule has 0 bridgehead atoms. The molecule has 9 heteroatoms. The van der Waals surface area contributed by atoms with Gasteiger partial charge in [0.2, 0.25) is 0 Å². The van der Waals surface area contributed by atoms with Crippen molar-refractivity contribution in [3.63, 3.8) is 0 Å². The van der Waals surface area contributed by atoms with Crippen molar-refractivity contribution >= 4 is 29.2 Å². The summed E-state index contributed by atoms with van der Waals surface area (Å²) >= 11 is 0. The van der Waals surface area contributed by atoms with Gasteiger partial charge in [-0.25, -0.2) is 19.6 Å². The van der Waals surface area contributed by atoms with Crippen molar-refractivity contribution in [1.29, 1.82) is 0 Å². The first-order valence-electron chi connectivity index (χ1n) is 15.1. The summed E-state index contributed by atoms with van der Waals surface area (Å²) in [6.07, 6.45) is 2.41. The maximum atomic E-state index is 13.6. The van der Waals surface area contributed by atoms with Crippen molar-refractivity contribution in [3.05, 3.63) is 108 Å². The Kier molecular flexibility index (Phi) is 8.54. The van der Waals surface area contributed by atoms with E-state index in [4.69, 9.17) is 19.8 Å². The fourth-order valence-corrected chi connectivity index (χ4v) is 5.69. The smallest absolute Gasteiger partial charge is 0.449 e. The van der Waals surface area contributed by atoms with Gasteiger partial charge < -0.3 is 19.3 Å². The molecular formula is C35H35N5O4. The van der Waals surface area contributed by atoms with Crippen molar-refractivity contribution in [1.82, 2.24) is 19.4 Å². The fraction of sp³-hybridized carbons (Fsp3) is 0.257. The van der Waals surface area contributed by atoms with Crippen LogP contribution in [0.3, 0.4) is 0 Å². The molecule has 44 heavy (non-hydrogen) atoms. The highest BCUT2D eigenvalue weighted by molar-refractivity contribution is 5.92. The molecule has 0 atom stereocenters. The summed E-state index contributed by atoms with van der Waals surface area (Å²) in [6.45, 7) is 4.63. The summed E-state index contributed by atoms with van der Waals surface area (Å²) in [5, 5.41) is 9.13. The van der Waals surface area contributed by atoms with Gasteiger partial charge in [0.25, 0.3) is 0 Å². The number of ether oxygens (including phenoxy) is 1. The lowest BCUT2D eigenvalue weighted by Gasteiger charge is -2.35. The van der Waals surface area contributed by atoms with Gasteiger partial charge in [-0.1, -0.05) is 86.1 Å². The summed E-state index contributed by atoms with van der Waals surface area (Å²) in [5.74, 6) is 1.89. The SMILES string of the molecule is CCCCc1nc2ccc(N3CCCN(Cc4ccccc4)C3=O)nc2n1Cc1ccc(-c2ccccc2OC(=O)O)cc1. The Morgan fingerprint density at radius 3 is 2.39 bits per heavy atom. The third-order valence-corrected chi connectivity index (χ3v) is 7.90. The first-order chi connectivity index (χ1) is 21.5. The van der Waals surface area contributed by atoms with Crippen LogP contribution in [-0.4, -0.2) is 49.8 Å². The lowest BCUT2D eigenvalue weighted by atomic mass is 10.0. The number of benzene rings is 3. The zero-order chi connectivity index (χ0) is 30.5. The second-order valence-corrected chi connectivity index (χ2v) is 11.0. The highest BCUT2D eigenvalue weighted by Crippen LogP contribution is 2.31. The van der Waals surface area contributed by atoms with Gasteiger partial charge >= 0.3 is 12.2 Å². The van der Waals surface area contributed by atoms with E-state index in [1.54, 1.807) is 17.0 Å². The van der Waals surface area contributed by atoms with Crippen LogP contribution in [0.2, 0.25) is 0 Å². The molecule has 1 saturated heterocycles. The third-order valence-electron chi connectivity index (χ3n) is 7.90. The molecule has 3 heterocycles. The Bertz CT molecular complexity index is 1770. The number of unbranched alkanes of at least 4 members (excludes halogenated alkanes) is 1. The maximum Gasteiger partial charge on any atom is 0.511 e. The number of hydrogen-bond donors (Lipinski definition) is 1. The van der Waals surface area contributed by atoms with E-state index in [-0.39, 0.29) is 6.03 Å². The highest BCUT2D eigenvalue weighted by Gasteiger charge is 2.28. The van der Waals surface area contributed by atoms with Crippen LogP contribution < -0.4 is 9.64 Å². The molecule has 0 spiro atoms. The van der Waals surface area contributed by atoms with Crippen molar-refractivity contribution < 1.29 is 19.4 Å². The number of aryl methyl sites for hydroxylation is 1. The number of hydrogen-bond acceptors (Lipinski definition) is 5. The Morgan fingerprint density at radius 2 is 1.61 bits per heavy atom. The van der Waals surface area contributed by atoms with Crippen LogP contribution in [0.25, 0.3) is 22.3 Å². The summed E-state index contributed by atoms with van der Waals surface area (Å²) in [4.78, 5) is 38.4. The van der Waals surface area contributed by atoms with Gasteiger partial charge in [0.05, 0.1) is 6.54 Å². The summed E-state index contributed by atoms with van der Waals surface area (Å²) in [6, 6.07) is 29.0. The molecular weight excluding hydrogens is 554 g/mol. The lowest BCUT2D eigenvalue weighted by Crippen LogP contribution is -2.49. The average molecular weight is 590 g/mol. The number of urea groups is 1. The molecule has 0 saturated carbocycles. The second-order valence-electron chi connectivity index (χ2n) is 11.0. The zero-order valence-electron chi connectivity index (χ0n) is 24.7. The Morgan fingerprint density at radius 1 is 0.864 bits per heavy atom. The zero-order valence-corrected chi connectivity index (χ0v) is 24.7. The van der Waals surface area contributed by atoms with Crippen molar-refractivity contribution in [2.75, 3.05) is 18.0 Å². The van der Waals surface area contributed by atoms with E-state index in [1.807, 2.05) is 83.8 Å². The first-order valence-corrected chi connectivity index (χ1v) is 15.1. The summed E-state index contributed by atoms with van der Waals surface area (Å²) in [7, 11) is 0. The van der Waals surface area contributed by atoms with E-state index in [2.05, 4.69) is 11.5 Å². The van der Waals surface area contributed by atoms with Crippen molar-refractivity contribution in [3.8, 4) is 16.9 Å². The standard InChI is InChI=1S/C35H35N5O4/c1-2-3-14-31-36-29-19-20-32(39-22-9-21-38(34(39)41)23-25-10-5-4-6-11-25)37-33(29)40(31)24-26-15-17-27(18-16-26)28-12-7-8-13-30(28)44-35(42)43/h4-8,10-13,15-20H,2-3,9,14,21-24H2,1H3,(H,42,43). The minimum absolute atomic E-state index is 0.0352. The monoisotopic (exact) mass is 589 g/mol. The van der Waals surface area contributed by atoms with Crippen molar-refractivity contribution in [2.45, 2.75) is 45.7 Å². The number of para-hydroxylation sites is 1. The number of imidazole rings is 1. The quantitative estimate of drug-likeness (QED) is 0.135. The molecule has 2 amide bonds. The number of carbonyl (C=O) groups is 2. The van der Waals surface area contributed by atoms with E-state index in [1.165, 1.54) is 0 Å². The van der Waals surface area contributed by atoms with Crippen LogP contribution in [0.15, 0.2) is 91.0 Å². The van der Waals surface area contributed by atoms with Gasteiger partial charge in [0, 0.05) is 31.6 Å². The molecule has 0 radical (unpaired) electrons. The number of anilines is 1. The van der Waals surface area contributed by atoms with Crippen LogP contribution in [0.4, 0.5) is 15.4 Å². The first kappa shape index (κ1) is 28.9. The molecule has 1 aliphatic heterocycles. The topological polar surface area (TPSA) is 101 Å². The third kappa shape index (κ3) is 6.27. The molecule has 2 aromatic heterocycles. The van der Waals surface area contributed by atoms with Crippen LogP contribution in [-0.2, 0) is 19.5 Å². The minimum atomic E-state index is -1.34. The predicted octanol–water partition coefficient (Wildman–Crippen LogP) is 7.38. The Balaban J connectivity index is 1.29. The van der Waals surface area contributed by atoms with Crippen LogP contribution in [0.1, 0.15) is 43.1 Å². The molecule has 6 rings (SSSR count). The van der Waals surface area contributed by atoms with Crippen LogP contribution >= 0.6 is 0 Å². The summed E-state index contributed by atoms with van der Waals surface area (Å²) in [5.41, 5.74) is 5.28. The fourth-order valence-electron chi connectivity index (χ4n) is 5.69. The van der Waals surface area contributed by atoms with E-state index in [0.29, 0.717) is 43.3 Å². The van der Waals surface area contributed by atoms with Crippen LogP contribution in [0, 0.1) is 0 Å². The predicted molar refractivity (Wildman–Crippen MR) is 170 cm³/mol. The van der Waals surface area contributed by atoms with Gasteiger partial charge in [-0.3, -0.25) is 4.90 Å². The number of carbonyl (C=O) groups excluding carboxylic acids is 1. The molecule has 1 N–H and O–H groups in total. The molecule has 0 aliphatic carbocycles. The molecule has 9 nitrogen and oxygen atoms in total. The Labute approximate surface area is 256 Å². The molecule has 0 unspecified atom stereocenters. The van der Waals surface area contributed by atoms with Gasteiger partial charge in [0.1, 0.15) is 22.9 Å². The molecule has 1 aliphatic rings. The summed E-state index contributed by atoms with van der Waals surface area (Å²) < 4.78 is 7.14. The van der Waals surface area contributed by atoms with Crippen LogP contribution in [0.5, 0.6) is 5.75 Å². The van der Waals surface area contributed by atoms with E-state index >= 15 is 0 Å². The van der Waals surface area contributed by atoms with Crippen molar-refractivity contribution in [2.24, 2.45) is 0 Å². The molecule has 1 fully saturated rings. The Hall–Kier alpha value is -5.18. The average Bonchev–Trinajstić information content (AvgIpc) is 3.38. The maximum absolute atomic E-state index is 13.6. The number of pyridine rings is 1. The normalized spacial score (nSPS) is 13.4. The number of carboxylic acid groups (broad SMARTS) is 1. The molecule has 5 aromatic rings. The lowest BCUT2D eigenvalue weighted by molar-refractivity contribution is 0.144. The highest BCUT2D eigenvalue weighted by atomic mass is 16.7. The molecule has 3 aromatic carbocycles. The number of nitrogens with zero attached hydrogens (tertiary/aromatic N) is 5. The molecule has 224 valence electrons. The largest absolute Gasteiger partial charge is 0.511 e. The van der Waals surface area contributed by atoms with E-state index < -0.39 is 6.16 Å². The second kappa shape index (κ2) is 13.0. The van der Waals surface area contributed by atoms with E-state index in [9.17, 15) is 9.59 Å². The van der Waals surface area contributed by atoms with Gasteiger partial charge in [-0.15, -0.1) is 0 Å². The van der Waals surface area contributed by atoms with Gasteiger partial charge in [0.15, 0.2) is 5.65 Å². The number of rotatable bonds is 10. The number of fused-ring (bicyclic) bond motifs is 1. The van der Waals surface area contributed by atoms with Gasteiger partial charge in [-0.2, -0.15) is 0 Å². The van der Waals surface area contributed by atoms with Gasteiger partial charge in [-0.05, 0) is 47.7 Å². The minimum Gasteiger partial charge on any atom is -0.449 e. The number of amides is 2.